The van der Waals surface area contributed by atoms with Crippen LogP contribution in [0.1, 0.15) is 12.0 Å². The Kier molecular flexibility index (Phi) is 5.86. The highest BCUT2D eigenvalue weighted by atomic mass is 32.2. The molecule has 0 aliphatic carbocycles. The van der Waals surface area contributed by atoms with Gasteiger partial charge in [-0.25, -0.2) is 0 Å². The van der Waals surface area contributed by atoms with Crippen molar-refractivity contribution in [3.63, 3.8) is 0 Å². The zero-order valence-electron chi connectivity index (χ0n) is 9.81. The van der Waals surface area contributed by atoms with Crippen molar-refractivity contribution >= 4 is 22.4 Å². The zero-order chi connectivity index (χ0) is 12.7. The molecule has 0 saturated carbocycles. The van der Waals surface area contributed by atoms with Gasteiger partial charge in [0.15, 0.2) is 0 Å². The summed E-state index contributed by atoms with van der Waals surface area (Å²) in [6, 6.07) is 7.51. The fourth-order valence-electron chi connectivity index (χ4n) is 1.34. The van der Waals surface area contributed by atoms with Gasteiger partial charge in [0.2, 0.25) is 5.91 Å². The fraction of sp³-hybridized carbons (Fsp3) is 0.417. The quantitative estimate of drug-likeness (QED) is 0.799. The first-order valence-corrected chi connectivity index (χ1v) is 6.93. The zero-order valence-corrected chi connectivity index (χ0v) is 10.6. The van der Waals surface area contributed by atoms with Gasteiger partial charge in [-0.15, -0.1) is 0 Å². The van der Waals surface area contributed by atoms with E-state index in [-0.39, 0.29) is 30.4 Å². The third kappa shape index (κ3) is 5.10. The Bertz CT molecular complexity index is 406. The van der Waals surface area contributed by atoms with Crippen molar-refractivity contribution < 1.29 is 14.1 Å². The van der Waals surface area contributed by atoms with Gasteiger partial charge in [0.25, 0.3) is 0 Å². The molecule has 5 heteroatoms. The Morgan fingerprint density at radius 3 is 2.71 bits per heavy atom. The summed E-state index contributed by atoms with van der Waals surface area (Å²) >= 11 is 0. The molecule has 0 heterocycles. The van der Waals surface area contributed by atoms with Crippen LogP contribution in [0.2, 0.25) is 0 Å². The molecule has 0 radical (unpaired) electrons. The Morgan fingerprint density at radius 1 is 1.35 bits per heavy atom. The number of hydrogen-bond donors (Lipinski definition) is 2. The predicted octanol–water partition coefficient (Wildman–Crippen LogP) is 1.06. The standard InChI is InChI=1S/C12H17NO3S/c1-10-4-2-3-5-11(10)13-12(15)6-8-17(16)9-7-14/h2-5,14H,6-9H2,1H3,(H,13,15). The number of para-hydroxylation sites is 1. The van der Waals surface area contributed by atoms with E-state index in [1.807, 2.05) is 31.2 Å². The summed E-state index contributed by atoms with van der Waals surface area (Å²) in [6.45, 7) is 1.81. The molecule has 1 unspecified atom stereocenters. The first-order chi connectivity index (χ1) is 8.13. The Balaban J connectivity index is 2.40. The number of aliphatic hydroxyl groups excluding tert-OH is 1. The summed E-state index contributed by atoms with van der Waals surface area (Å²) in [4.78, 5) is 11.6. The van der Waals surface area contributed by atoms with Crippen molar-refractivity contribution in [1.82, 2.24) is 0 Å². The molecule has 0 aliphatic heterocycles. The molecule has 4 nitrogen and oxygen atoms in total. The molecule has 0 bridgehead atoms. The number of nitrogens with one attached hydrogen (secondary N) is 1. The number of carbonyl (C=O) groups excluding carboxylic acids is 1. The second-order valence-electron chi connectivity index (χ2n) is 3.68. The maximum absolute atomic E-state index is 11.6. The van der Waals surface area contributed by atoms with Gasteiger partial charge in [-0.1, -0.05) is 18.2 Å². The molecular formula is C12H17NO3S. The number of aryl methyl sites for hydroxylation is 1. The third-order valence-corrected chi connectivity index (χ3v) is 3.59. The lowest BCUT2D eigenvalue weighted by atomic mass is 10.2. The number of amides is 1. The van der Waals surface area contributed by atoms with Crippen molar-refractivity contribution in [2.45, 2.75) is 13.3 Å². The van der Waals surface area contributed by atoms with E-state index in [4.69, 9.17) is 5.11 Å². The third-order valence-electron chi connectivity index (χ3n) is 2.29. The molecule has 0 aliphatic rings. The average molecular weight is 255 g/mol. The summed E-state index contributed by atoms with van der Waals surface area (Å²) in [5.74, 6) is 0.376. The van der Waals surface area contributed by atoms with Crippen molar-refractivity contribution in [3.8, 4) is 0 Å². The molecule has 1 atom stereocenters. The number of hydrogen-bond acceptors (Lipinski definition) is 3. The topological polar surface area (TPSA) is 66.4 Å². The van der Waals surface area contributed by atoms with Crippen LogP contribution in [0.5, 0.6) is 0 Å². The Labute approximate surface area is 104 Å². The van der Waals surface area contributed by atoms with Crippen LogP contribution in [-0.2, 0) is 15.6 Å². The van der Waals surface area contributed by atoms with Crippen molar-refractivity contribution in [1.29, 1.82) is 0 Å². The molecule has 1 aromatic carbocycles. The lowest BCUT2D eigenvalue weighted by Gasteiger charge is -2.07. The molecule has 0 spiro atoms. The second-order valence-corrected chi connectivity index (χ2v) is 5.38. The van der Waals surface area contributed by atoms with Crippen LogP contribution < -0.4 is 5.32 Å². The van der Waals surface area contributed by atoms with E-state index < -0.39 is 10.8 Å². The minimum Gasteiger partial charge on any atom is -0.395 e. The molecule has 17 heavy (non-hydrogen) atoms. The minimum absolute atomic E-state index is 0.105. The number of anilines is 1. The van der Waals surface area contributed by atoms with E-state index >= 15 is 0 Å². The first-order valence-electron chi connectivity index (χ1n) is 5.45. The highest BCUT2D eigenvalue weighted by molar-refractivity contribution is 7.85. The Morgan fingerprint density at radius 2 is 2.06 bits per heavy atom. The number of carbonyl (C=O) groups is 1. The van der Waals surface area contributed by atoms with Crippen molar-refractivity contribution in [2.24, 2.45) is 0 Å². The van der Waals surface area contributed by atoms with E-state index in [0.29, 0.717) is 0 Å². The SMILES string of the molecule is Cc1ccccc1NC(=O)CCS(=O)CCO. The molecule has 1 aromatic rings. The van der Waals surface area contributed by atoms with Crippen molar-refractivity contribution in [3.05, 3.63) is 29.8 Å². The van der Waals surface area contributed by atoms with Gasteiger partial charge in [0.1, 0.15) is 0 Å². The highest BCUT2D eigenvalue weighted by Gasteiger charge is 2.06. The van der Waals surface area contributed by atoms with Gasteiger partial charge < -0.3 is 10.4 Å². The summed E-state index contributed by atoms with van der Waals surface area (Å²) in [5.41, 5.74) is 1.78. The average Bonchev–Trinajstić information content (AvgIpc) is 2.30. The number of aliphatic hydroxyl groups is 1. The highest BCUT2D eigenvalue weighted by Crippen LogP contribution is 2.13. The van der Waals surface area contributed by atoms with Gasteiger partial charge in [0, 0.05) is 34.4 Å². The molecule has 2 N–H and O–H groups in total. The van der Waals surface area contributed by atoms with Gasteiger partial charge in [0.05, 0.1) is 6.61 Å². The maximum atomic E-state index is 11.6. The van der Waals surface area contributed by atoms with Crippen LogP contribution in [-0.4, -0.2) is 33.3 Å². The van der Waals surface area contributed by atoms with Gasteiger partial charge in [-0.3, -0.25) is 9.00 Å². The number of rotatable bonds is 6. The van der Waals surface area contributed by atoms with Crippen LogP contribution in [0.25, 0.3) is 0 Å². The molecule has 94 valence electrons. The molecule has 0 aromatic heterocycles. The van der Waals surface area contributed by atoms with Gasteiger partial charge >= 0.3 is 0 Å². The van der Waals surface area contributed by atoms with E-state index in [9.17, 15) is 9.00 Å². The molecule has 1 rings (SSSR count). The lowest BCUT2D eigenvalue weighted by Crippen LogP contribution is -2.17. The summed E-state index contributed by atoms with van der Waals surface area (Å²) in [5, 5.41) is 11.4. The van der Waals surface area contributed by atoms with Crippen LogP contribution in [0.15, 0.2) is 24.3 Å². The van der Waals surface area contributed by atoms with Crippen LogP contribution in [0.3, 0.4) is 0 Å². The van der Waals surface area contributed by atoms with E-state index in [1.54, 1.807) is 0 Å². The van der Waals surface area contributed by atoms with E-state index in [2.05, 4.69) is 5.32 Å². The normalized spacial score (nSPS) is 12.1. The van der Waals surface area contributed by atoms with Crippen LogP contribution in [0, 0.1) is 6.92 Å². The minimum atomic E-state index is -1.11. The van der Waals surface area contributed by atoms with Crippen LogP contribution in [0.4, 0.5) is 5.69 Å². The number of benzene rings is 1. The predicted molar refractivity (Wildman–Crippen MR) is 69.4 cm³/mol. The second kappa shape index (κ2) is 7.19. The lowest BCUT2D eigenvalue weighted by molar-refractivity contribution is -0.115. The molecule has 0 saturated heterocycles. The summed E-state index contributed by atoms with van der Waals surface area (Å²) in [6.07, 6.45) is 0.209. The molecular weight excluding hydrogens is 238 g/mol. The first kappa shape index (κ1) is 13.9. The summed E-state index contributed by atoms with van der Waals surface area (Å²) in [7, 11) is -1.11. The molecule has 1 amide bonds. The maximum Gasteiger partial charge on any atom is 0.225 e. The van der Waals surface area contributed by atoms with E-state index in [0.717, 1.165) is 11.3 Å². The summed E-state index contributed by atoms with van der Waals surface area (Å²) < 4.78 is 11.2. The monoisotopic (exact) mass is 255 g/mol. The fourth-order valence-corrected chi connectivity index (χ4v) is 2.16. The molecule has 0 fully saturated rings. The van der Waals surface area contributed by atoms with Gasteiger partial charge in [-0.2, -0.15) is 0 Å². The smallest absolute Gasteiger partial charge is 0.225 e. The van der Waals surface area contributed by atoms with Crippen LogP contribution >= 0.6 is 0 Å². The van der Waals surface area contributed by atoms with Gasteiger partial charge in [-0.05, 0) is 18.6 Å². The largest absolute Gasteiger partial charge is 0.395 e. The Hall–Kier alpha value is -1.20. The van der Waals surface area contributed by atoms with E-state index in [1.165, 1.54) is 0 Å². The van der Waals surface area contributed by atoms with Crippen molar-refractivity contribution in [2.75, 3.05) is 23.4 Å².